The molecule has 7 heteroatoms. The van der Waals surface area contributed by atoms with Gasteiger partial charge in [0.05, 0.1) is 0 Å². The molecule has 0 saturated carbocycles. The van der Waals surface area contributed by atoms with Gasteiger partial charge in [-0.2, -0.15) is 12.7 Å². The first-order valence-electron chi connectivity index (χ1n) is 8.02. The number of likely N-dealkylation sites (tertiary alicyclic amines) is 1. The molecule has 2 unspecified atom stereocenters. The third-order valence-corrected chi connectivity index (χ3v) is 6.22. The van der Waals surface area contributed by atoms with E-state index in [4.69, 9.17) is 0 Å². The zero-order chi connectivity index (χ0) is 15.5. The smallest absolute Gasteiger partial charge is 0.279 e. The number of hydrogen-bond donors (Lipinski definition) is 2. The van der Waals surface area contributed by atoms with Crippen molar-refractivity contribution >= 4 is 10.2 Å². The second-order valence-corrected chi connectivity index (χ2v) is 8.40. The molecule has 2 aliphatic rings. The predicted octanol–water partition coefficient (Wildman–Crippen LogP) is 0.255. The minimum atomic E-state index is -3.40. The van der Waals surface area contributed by atoms with Gasteiger partial charge in [-0.3, -0.25) is 0 Å². The molecule has 21 heavy (non-hydrogen) atoms. The summed E-state index contributed by atoms with van der Waals surface area (Å²) >= 11 is 0. The minimum Gasteiger partial charge on any atom is -0.396 e. The second-order valence-electron chi connectivity index (χ2n) is 6.65. The highest BCUT2D eigenvalue weighted by Gasteiger charge is 2.30. The molecule has 0 bridgehead atoms. The Labute approximate surface area is 128 Å². The molecule has 0 aliphatic carbocycles. The van der Waals surface area contributed by atoms with Crippen molar-refractivity contribution < 1.29 is 13.5 Å². The molecule has 0 radical (unpaired) electrons. The first-order chi connectivity index (χ1) is 9.92. The number of aliphatic hydroxyl groups is 1. The van der Waals surface area contributed by atoms with Crippen molar-refractivity contribution in [3.05, 3.63) is 0 Å². The Kier molecular flexibility index (Phi) is 6.02. The zero-order valence-electron chi connectivity index (χ0n) is 13.2. The maximum atomic E-state index is 12.3. The Morgan fingerprint density at radius 1 is 1.19 bits per heavy atom. The van der Waals surface area contributed by atoms with Crippen molar-refractivity contribution in [1.29, 1.82) is 0 Å². The number of hydrogen-bond acceptors (Lipinski definition) is 4. The van der Waals surface area contributed by atoms with Gasteiger partial charge >= 0.3 is 0 Å². The third kappa shape index (κ3) is 4.63. The van der Waals surface area contributed by atoms with Crippen LogP contribution in [-0.4, -0.2) is 68.1 Å². The number of rotatable bonds is 6. The Balaban J connectivity index is 1.81. The first kappa shape index (κ1) is 17.1. The average Bonchev–Trinajstić information content (AvgIpc) is 2.94. The van der Waals surface area contributed by atoms with Gasteiger partial charge in [-0.15, -0.1) is 0 Å². The highest BCUT2D eigenvalue weighted by atomic mass is 32.2. The van der Waals surface area contributed by atoms with Gasteiger partial charge in [-0.25, -0.2) is 4.72 Å². The van der Waals surface area contributed by atoms with E-state index in [1.54, 1.807) is 0 Å². The third-order valence-electron chi connectivity index (χ3n) is 4.68. The van der Waals surface area contributed by atoms with Crippen LogP contribution >= 0.6 is 0 Å². The van der Waals surface area contributed by atoms with Crippen LogP contribution in [0.15, 0.2) is 0 Å². The lowest BCUT2D eigenvalue weighted by atomic mass is 10.0. The lowest BCUT2D eigenvalue weighted by molar-refractivity contribution is 0.164. The van der Waals surface area contributed by atoms with Gasteiger partial charge in [-0.1, -0.05) is 0 Å². The van der Waals surface area contributed by atoms with Gasteiger partial charge in [-0.05, 0) is 51.5 Å². The fourth-order valence-electron chi connectivity index (χ4n) is 3.21. The highest BCUT2D eigenvalue weighted by Crippen LogP contribution is 2.20. The quantitative estimate of drug-likeness (QED) is 0.736. The lowest BCUT2D eigenvalue weighted by Crippen LogP contribution is -2.47. The molecule has 2 fully saturated rings. The molecule has 2 N–H and O–H groups in total. The summed E-state index contributed by atoms with van der Waals surface area (Å²) in [5, 5.41) is 9.21. The van der Waals surface area contributed by atoms with E-state index in [9.17, 15) is 13.5 Å². The number of piperidine rings is 1. The van der Waals surface area contributed by atoms with Crippen LogP contribution in [0, 0.1) is 11.8 Å². The van der Waals surface area contributed by atoms with Crippen LogP contribution in [0.4, 0.5) is 0 Å². The summed E-state index contributed by atoms with van der Waals surface area (Å²) in [4.78, 5) is 2.39. The molecule has 2 heterocycles. The Morgan fingerprint density at radius 3 is 2.57 bits per heavy atom. The van der Waals surface area contributed by atoms with Crippen molar-refractivity contribution in [3.63, 3.8) is 0 Å². The molecule has 0 spiro atoms. The fourth-order valence-corrected chi connectivity index (χ4v) is 4.61. The van der Waals surface area contributed by atoms with Gasteiger partial charge < -0.3 is 10.0 Å². The normalized spacial score (nSPS) is 29.3. The number of aliphatic hydroxyl groups excluding tert-OH is 1. The summed E-state index contributed by atoms with van der Waals surface area (Å²) in [6.07, 6.45) is 2.80. The summed E-state index contributed by atoms with van der Waals surface area (Å²) in [5.41, 5.74) is 0. The summed E-state index contributed by atoms with van der Waals surface area (Å²) in [6, 6.07) is 0.527. The fraction of sp³-hybridized carbons (Fsp3) is 1.00. The minimum absolute atomic E-state index is 0.0675. The van der Waals surface area contributed by atoms with Gasteiger partial charge in [0.1, 0.15) is 0 Å². The van der Waals surface area contributed by atoms with Gasteiger partial charge in [0.2, 0.25) is 0 Å². The van der Waals surface area contributed by atoms with Crippen LogP contribution in [0.2, 0.25) is 0 Å². The van der Waals surface area contributed by atoms with E-state index in [0.29, 0.717) is 31.6 Å². The van der Waals surface area contributed by atoms with E-state index in [-0.39, 0.29) is 12.5 Å². The van der Waals surface area contributed by atoms with Crippen LogP contribution in [0.1, 0.15) is 33.1 Å². The highest BCUT2D eigenvalue weighted by molar-refractivity contribution is 7.87. The van der Waals surface area contributed by atoms with Gasteiger partial charge in [0.25, 0.3) is 10.2 Å². The Hall–Kier alpha value is -0.210. The van der Waals surface area contributed by atoms with Gasteiger partial charge in [0.15, 0.2) is 0 Å². The SMILES string of the molecule is CC(C)N1CCC(CNS(=O)(=O)N2CCCC(CO)C2)C1. The standard InChI is InChI=1S/C14H29N3O3S/c1-12(2)16-7-5-13(9-16)8-15-21(19,20)17-6-3-4-14(10-17)11-18/h12-15,18H,3-11H2,1-2H3. The monoisotopic (exact) mass is 319 g/mol. The van der Waals surface area contributed by atoms with Crippen molar-refractivity contribution in [1.82, 2.24) is 13.9 Å². The molecule has 2 aliphatic heterocycles. The molecule has 0 amide bonds. The molecule has 6 nitrogen and oxygen atoms in total. The van der Waals surface area contributed by atoms with Crippen LogP contribution in [0.3, 0.4) is 0 Å². The largest absolute Gasteiger partial charge is 0.396 e. The van der Waals surface area contributed by atoms with Crippen molar-refractivity contribution in [3.8, 4) is 0 Å². The number of nitrogens with zero attached hydrogens (tertiary/aromatic N) is 2. The van der Waals surface area contributed by atoms with E-state index < -0.39 is 10.2 Å². The predicted molar refractivity (Wildman–Crippen MR) is 83.1 cm³/mol. The maximum Gasteiger partial charge on any atom is 0.279 e. The number of nitrogens with one attached hydrogen (secondary N) is 1. The summed E-state index contributed by atoms with van der Waals surface area (Å²) in [7, 11) is -3.40. The summed E-state index contributed by atoms with van der Waals surface area (Å²) in [6.45, 7) is 7.97. The molecule has 124 valence electrons. The van der Waals surface area contributed by atoms with E-state index in [0.717, 1.165) is 32.4 Å². The van der Waals surface area contributed by atoms with Crippen molar-refractivity contribution in [2.75, 3.05) is 39.3 Å². The van der Waals surface area contributed by atoms with Crippen molar-refractivity contribution in [2.45, 2.75) is 39.2 Å². The molecule has 0 aromatic heterocycles. The zero-order valence-corrected chi connectivity index (χ0v) is 14.0. The van der Waals surface area contributed by atoms with Crippen LogP contribution in [0.5, 0.6) is 0 Å². The topological polar surface area (TPSA) is 72.9 Å². The lowest BCUT2D eigenvalue weighted by Gasteiger charge is -2.31. The van der Waals surface area contributed by atoms with Crippen LogP contribution < -0.4 is 4.72 Å². The van der Waals surface area contributed by atoms with E-state index in [2.05, 4.69) is 23.5 Å². The van der Waals surface area contributed by atoms with Crippen LogP contribution in [-0.2, 0) is 10.2 Å². The summed E-state index contributed by atoms with van der Waals surface area (Å²) in [5.74, 6) is 0.485. The second kappa shape index (κ2) is 7.37. The molecular formula is C14H29N3O3S. The molecule has 0 aromatic rings. The van der Waals surface area contributed by atoms with E-state index >= 15 is 0 Å². The Morgan fingerprint density at radius 2 is 1.95 bits per heavy atom. The summed E-state index contributed by atoms with van der Waals surface area (Å²) < 4.78 is 28.9. The average molecular weight is 319 g/mol. The molecule has 2 rings (SSSR count). The molecular weight excluding hydrogens is 290 g/mol. The maximum absolute atomic E-state index is 12.3. The van der Waals surface area contributed by atoms with E-state index in [1.807, 2.05) is 0 Å². The van der Waals surface area contributed by atoms with E-state index in [1.165, 1.54) is 4.31 Å². The first-order valence-corrected chi connectivity index (χ1v) is 9.46. The van der Waals surface area contributed by atoms with Crippen LogP contribution in [0.25, 0.3) is 0 Å². The van der Waals surface area contributed by atoms with Gasteiger partial charge in [0, 0.05) is 38.8 Å². The molecule has 2 atom stereocenters. The molecule has 0 aromatic carbocycles. The van der Waals surface area contributed by atoms with Crippen molar-refractivity contribution in [2.24, 2.45) is 11.8 Å². The molecule has 2 saturated heterocycles. The Bertz CT molecular complexity index is 427.